The van der Waals surface area contributed by atoms with Gasteiger partial charge in [-0.05, 0) is 74.7 Å². The molecule has 0 atom stereocenters. The number of nitrogens with one attached hydrogen (secondary N) is 3. The predicted octanol–water partition coefficient (Wildman–Crippen LogP) is 4.17. The summed E-state index contributed by atoms with van der Waals surface area (Å²) in [4.78, 5) is 35.3. The average Bonchev–Trinajstić information content (AvgIpc) is 2.93. The maximum Gasteiger partial charge on any atom is 0.251 e. The smallest absolute Gasteiger partial charge is 0.251 e. The summed E-state index contributed by atoms with van der Waals surface area (Å²) in [6, 6.07) is 10.2. The van der Waals surface area contributed by atoms with E-state index in [1.54, 1.807) is 30.6 Å². The van der Waals surface area contributed by atoms with Crippen molar-refractivity contribution in [3.8, 4) is 5.75 Å². The number of piperazine rings is 1. The molecular formula is C30H37FN6O3. The summed E-state index contributed by atoms with van der Waals surface area (Å²) in [6.45, 7) is 10.2. The molecule has 0 unspecified atom stereocenters. The van der Waals surface area contributed by atoms with Crippen molar-refractivity contribution < 1.29 is 18.7 Å². The van der Waals surface area contributed by atoms with E-state index in [-0.39, 0.29) is 17.6 Å². The van der Waals surface area contributed by atoms with Crippen LogP contribution < -0.4 is 20.7 Å². The van der Waals surface area contributed by atoms with Crippen LogP contribution >= 0.6 is 0 Å². The van der Waals surface area contributed by atoms with Crippen LogP contribution in [0.3, 0.4) is 0 Å². The molecule has 2 aromatic carbocycles. The van der Waals surface area contributed by atoms with Crippen LogP contribution in [0.15, 0.2) is 64.9 Å². The molecular weight excluding hydrogens is 511 g/mol. The first-order valence-corrected chi connectivity index (χ1v) is 13.1. The van der Waals surface area contributed by atoms with Crippen LogP contribution in [0.1, 0.15) is 42.3 Å². The standard InChI is InChI=1S/C30H37FN6O3/c1-6-11-33-29(22(4)35-18-21(3)23-7-10-27(40-5)26(31)17-23)36-24-8-9-25(20(2)16-24)30(39)34-13-15-37-14-12-32-28(38)19-37/h6-11,16-18H,12-15,19H2,1-5H3,(H,32,38)(H,33,36)(H,34,39)/b11-6-,21-18+,35-22+. The van der Waals surface area contributed by atoms with E-state index in [1.165, 1.54) is 13.2 Å². The number of methoxy groups -OCH3 is 1. The van der Waals surface area contributed by atoms with Gasteiger partial charge in [-0.15, -0.1) is 0 Å². The minimum Gasteiger partial charge on any atom is -0.494 e. The van der Waals surface area contributed by atoms with E-state index < -0.39 is 5.82 Å². The van der Waals surface area contributed by atoms with Gasteiger partial charge in [0, 0.05) is 49.8 Å². The van der Waals surface area contributed by atoms with E-state index in [2.05, 4.69) is 25.9 Å². The Balaban J connectivity index is 1.67. The summed E-state index contributed by atoms with van der Waals surface area (Å²) >= 11 is 0. The number of anilines is 1. The number of aryl methyl sites for hydroxylation is 1. The predicted molar refractivity (Wildman–Crippen MR) is 159 cm³/mol. The van der Waals surface area contributed by atoms with Gasteiger partial charge in [-0.1, -0.05) is 12.1 Å². The Morgan fingerprint density at radius 2 is 2.00 bits per heavy atom. The molecule has 1 aliphatic rings. The van der Waals surface area contributed by atoms with Gasteiger partial charge in [0.1, 0.15) is 0 Å². The second kappa shape index (κ2) is 14.7. The molecule has 0 spiro atoms. The van der Waals surface area contributed by atoms with Crippen molar-refractivity contribution in [2.24, 2.45) is 9.98 Å². The highest BCUT2D eigenvalue weighted by atomic mass is 19.1. The first-order valence-electron chi connectivity index (χ1n) is 13.1. The number of carbonyl (C=O) groups is 2. The molecule has 1 heterocycles. The Bertz CT molecular complexity index is 1350. The fourth-order valence-corrected chi connectivity index (χ4v) is 4.04. The van der Waals surface area contributed by atoms with Crippen LogP contribution in [-0.2, 0) is 4.79 Å². The summed E-state index contributed by atoms with van der Waals surface area (Å²) in [7, 11) is 1.43. The number of nitrogens with zero attached hydrogens (tertiary/aromatic N) is 3. The van der Waals surface area contributed by atoms with Crippen LogP contribution in [0.2, 0.25) is 0 Å². The van der Waals surface area contributed by atoms with Gasteiger partial charge in [-0.3, -0.25) is 19.5 Å². The Morgan fingerprint density at radius 3 is 2.67 bits per heavy atom. The summed E-state index contributed by atoms with van der Waals surface area (Å²) in [5.74, 6) is 0.127. The van der Waals surface area contributed by atoms with Gasteiger partial charge in [0.15, 0.2) is 17.4 Å². The first-order chi connectivity index (χ1) is 19.2. The highest BCUT2D eigenvalue weighted by Crippen LogP contribution is 2.22. The molecule has 3 N–H and O–H groups in total. The Morgan fingerprint density at radius 1 is 1.20 bits per heavy atom. The van der Waals surface area contributed by atoms with Crippen LogP contribution in [0.25, 0.3) is 5.57 Å². The molecule has 0 bridgehead atoms. The minimum absolute atomic E-state index is 0.00733. The number of carbonyl (C=O) groups excluding carboxylic acids is 2. The van der Waals surface area contributed by atoms with Gasteiger partial charge in [0.25, 0.3) is 5.91 Å². The van der Waals surface area contributed by atoms with Crippen LogP contribution in [0, 0.1) is 12.7 Å². The fraction of sp³-hybridized carbons (Fsp3) is 0.333. The van der Waals surface area contributed by atoms with Crippen molar-refractivity contribution in [1.82, 2.24) is 15.5 Å². The number of amides is 2. The van der Waals surface area contributed by atoms with Crippen molar-refractivity contribution >= 4 is 34.6 Å². The second-order valence-electron chi connectivity index (χ2n) is 9.37. The van der Waals surface area contributed by atoms with Gasteiger partial charge in [0.2, 0.25) is 5.91 Å². The number of ether oxygens (including phenoxy) is 1. The quantitative estimate of drug-likeness (QED) is 0.305. The Labute approximate surface area is 234 Å². The van der Waals surface area contributed by atoms with E-state index >= 15 is 0 Å². The molecule has 2 aromatic rings. The zero-order valence-electron chi connectivity index (χ0n) is 23.7. The number of benzene rings is 2. The number of rotatable bonds is 10. The minimum atomic E-state index is -0.436. The van der Waals surface area contributed by atoms with Gasteiger partial charge < -0.3 is 20.7 Å². The van der Waals surface area contributed by atoms with E-state index in [9.17, 15) is 14.0 Å². The summed E-state index contributed by atoms with van der Waals surface area (Å²) in [5, 5.41) is 9.01. The molecule has 1 saturated heterocycles. The molecule has 1 fully saturated rings. The molecule has 9 nitrogen and oxygen atoms in total. The number of allylic oxidation sites excluding steroid dienone is 2. The first kappa shape index (κ1) is 30.2. The lowest BCUT2D eigenvalue weighted by Crippen LogP contribution is -2.49. The van der Waals surface area contributed by atoms with E-state index in [0.717, 1.165) is 23.4 Å². The van der Waals surface area contributed by atoms with Crippen LogP contribution in [0.5, 0.6) is 5.75 Å². The van der Waals surface area contributed by atoms with Crippen molar-refractivity contribution in [2.45, 2.75) is 27.7 Å². The van der Waals surface area contributed by atoms with Crippen molar-refractivity contribution in [3.05, 3.63) is 77.4 Å². The largest absolute Gasteiger partial charge is 0.494 e. The van der Waals surface area contributed by atoms with Crippen molar-refractivity contribution in [2.75, 3.05) is 45.2 Å². The maximum atomic E-state index is 14.1. The molecule has 40 heavy (non-hydrogen) atoms. The van der Waals surface area contributed by atoms with E-state index in [4.69, 9.17) is 4.74 Å². The molecule has 2 amide bonds. The fourth-order valence-electron chi connectivity index (χ4n) is 4.04. The second-order valence-corrected chi connectivity index (χ2v) is 9.37. The monoisotopic (exact) mass is 548 g/mol. The molecule has 3 rings (SSSR count). The molecule has 10 heteroatoms. The average molecular weight is 549 g/mol. The lowest BCUT2D eigenvalue weighted by atomic mass is 10.1. The Kier molecular flexibility index (Phi) is 11.1. The summed E-state index contributed by atoms with van der Waals surface area (Å²) < 4.78 is 19.1. The molecule has 0 aromatic heterocycles. The topological polar surface area (TPSA) is 107 Å². The Hall–Kier alpha value is -4.31. The van der Waals surface area contributed by atoms with Crippen LogP contribution in [-0.4, -0.2) is 68.1 Å². The maximum absolute atomic E-state index is 14.1. The summed E-state index contributed by atoms with van der Waals surface area (Å²) in [6.07, 6.45) is 5.14. The van der Waals surface area contributed by atoms with E-state index in [1.807, 2.05) is 50.8 Å². The highest BCUT2D eigenvalue weighted by molar-refractivity contribution is 6.45. The third kappa shape index (κ3) is 8.60. The lowest BCUT2D eigenvalue weighted by molar-refractivity contribution is -0.124. The van der Waals surface area contributed by atoms with Gasteiger partial charge >= 0.3 is 0 Å². The molecule has 0 saturated carbocycles. The van der Waals surface area contributed by atoms with Crippen LogP contribution in [0.4, 0.5) is 10.1 Å². The van der Waals surface area contributed by atoms with Gasteiger partial charge in [0.05, 0.1) is 19.4 Å². The van der Waals surface area contributed by atoms with Crippen molar-refractivity contribution in [3.63, 3.8) is 0 Å². The lowest BCUT2D eigenvalue weighted by Gasteiger charge is -2.26. The van der Waals surface area contributed by atoms with Gasteiger partial charge in [-0.2, -0.15) is 0 Å². The number of hydrogen-bond acceptors (Lipinski definition) is 6. The van der Waals surface area contributed by atoms with Crippen molar-refractivity contribution in [1.29, 1.82) is 0 Å². The SMILES string of the molecule is C\C=C/N=C(Nc1ccc(C(=O)NCCN2CCNC(=O)C2)c(C)c1)\C(C)=N\C=C(/C)c1ccc(OC)c(F)c1. The normalized spacial score (nSPS) is 15.2. The summed E-state index contributed by atoms with van der Waals surface area (Å²) in [5.41, 5.74) is 4.23. The third-order valence-electron chi connectivity index (χ3n) is 6.32. The number of halogens is 1. The zero-order chi connectivity index (χ0) is 29.1. The number of amidine groups is 1. The number of aliphatic imine (C=N–C) groups is 2. The molecule has 0 radical (unpaired) electrons. The van der Waals surface area contributed by atoms with E-state index in [0.29, 0.717) is 48.9 Å². The third-order valence-corrected chi connectivity index (χ3v) is 6.32. The highest BCUT2D eigenvalue weighted by Gasteiger charge is 2.16. The number of hydrogen-bond donors (Lipinski definition) is 3. The molecule has 0 aliphatic carbocycles. The zero-order valence-corrected chi connectivity index (χ0v) is 23.7. The van der Waals surface area contributed by atoms with Gasteiger partial charge in [-0.25, -0.2) is 9.38 Å². The molecule has 1 aliphatic heterocycles. The molecule has 212 valence electrons.